The van der Waals surface area contributed by atoms with Gasteiger partial charge in [0.1, 0.15) is 11.8 Å². The molecule has 0 heterocycles. The maximum atomic E-state index is 12.0. The topological polar surface area (TPSA) is 62.1 Å². The fourth-order valence-electron chi connectivity index (χ4n) is 1.67. The van der Waals surface area contributed by atoms with Crippen molar-refractivity contribution in [1.82, 2.24) is 0 Å². The quantitative estimate of drug-likeness (QED) is 0.925. The number of hydrogen-bond acceptors (Lipinski definition) is 3. The average molecular weight is 266 g/mol. The van der Waals surface area contributed by atoms with Gasteiger partial charge in [-0.25, -0.2) is 0 Å². The summed E-state index contributed by atoms with van der Waals surface area (Å²) in [6, 6.07) is 18.0. The number of ether oxygens (including phenoxy) is 1. The Labute approximate surface area is 117 Å². The normalized spacial score (nSPS) is 11.2. The van der Waals surface area contributed by atoms with Gasteiger partial charge in [-0.05, 0) is 31.2 Å². The maximum Gasteiger partial charge on any atom is 0.265 e. The molecule has 2 aromatic rings. The van der Waals surface area contributed by atoms with Crippen LogP contribution in [-0.2, 0) is 4.79 Å². The summed E-state index contributed by atoms with van der Waals surface area (Å²) in [7, 11) is 0. The molecule has 2 aromatic carbocycles. The molecule has 1 atom stereocenters. The number of para-hydroxylation sites is 2. The first kappa shape index (κ1) is 13.6. The van der Waals surface area contributed by atoms with Crippen molar-refractivity contribution in [2.45, 2.75) is 13.0 Å². The number of nitrogens with one attached hydrogen (secondary N) is 1. The van der Waals surface area contributed by atoms with Gasteiger partial charge in [0.2, 0.25) is 0 Å². The van der Waals surface area contributed by atoms with E-state index in [-0.39, 0.29) is 5.91 Å². The molecule has 1 N–H and O–H groups in total. The third kappa shape index (κ3) is 3.36. The third-order valence-electron chi connectivity index (χ3n) is 2.72. The molecule has 0 unspecified atom stereocenters. The van der Waals surface area contributed by atoms with Gasteiger partial charge >= 0.3 is 0 Å². The molecule has 0 radical (unpaired) electrons. The number of nitriles is 1. The number of anilines is 1. The Kier molecular flexibility index (Phi) is 4.35. The van der Waals surface area contributed by atoms with Crippen LogP contribution in [0.2, 0.25) is 0 Å². The van der Waals surface area contributed by atoms with Crippen molar-refractivity contribution in [2.24, 2.45) is 0 Å². The fraction of sp³-hybridized carbons (Fsp3) is 0.125. The first-order valence-electron chi connectivity index (χ1n) is 6.22. The van der Waals surface area contributed by atoms with Crippen LogP contribution in [0.4, 0.5) is 5.69 Å². The summed E-state index contributed by atoms with van der Waals surface area (Å²) in [6.45, 7) is 1.65. The van der Waals surface area contributed by atoms with Crippen LogP contribution in [0.25, 0.3) is 0 Å². The molecule has 0 aliphatic rings. The van der Waals surface area contributed by atoms with Crippen molar-refractivity contribution in [1.29, 1.82) is 5.26 Å². The summed E-state index contributed by atoms with van der Waals surface area (Å²) in [5.41, 5.74) is 1.12. The highest BCUT2D eigenvalue weighted by Gasteiger charge is 2.16. The highest BCUT2D eigenvalue weighted by Crippen LogP contribution is 2.18. The van der Waals surface area contributed by atoms with E-state index in [1.165, 1.54) is 0 Å². The molecule has 4 heteroatoms. The fourth-order valence-corrected chi connectivity index (χ4v) is 1.67. The Hall–Kier alpha value is -2.80. The monoisotopic (exact) mass is 266 g/mol. The van der Waals surface area contributed by atoms with Gasteiger partial charge in [-0.3, -0.25) is 4.79 Å². The Balaban J connectivity index is 2.03. The smallest absolute Gasteiger partial charge is 0.265 e. The third-order valence-corrected chi connectivity index (χ3v) is 2.72. The zero-order chi connectivity index (χ0) is 14.4. The minimum atomic E-state index is -0.690. The molecule has 20 heavy (non-hydrogen) atoms. The van der Waals surface area contributed by atoms with E-state index in [2.05, 4.69) is 5.32 Å². The molecule has 0 saturated heterocycles. The summed E-state index contributed by atoms with van der Waals surface area (Å²) in [4.78, 5) is 12.0. The van der Waals surface area contributed by atoms with Gasteiger partial charge < -0.3 is 10.1 Å². The molecule has 100 valence electrons. The van der Waals surface area contributed by atoms with Crippen LogP contribution in [0.15, 0.2) is 54.6 Å². The number of nitrogens with zero attached hydrogens (tertiary/aromatic N) is 1. The minimum Gasteiger partial charge on any atom is -0.480 e. The summed E-state index contributed by atoms with van der Waals surface area (Å²) >= 11 is 0. The van der Waals surface area contributed by atoms with E-state index in [1.807, 2.05) is 24.3 Å². The lowest BCUT2D eigenvalue weighted by atomic mass is 10.2. The summed E-state index contributed by atoms with van der Waals surface area (Å²) in [5, 5.41) is 11.7. The Bertz CT molecular complexity index is 632. The second-order valence-electron chi connectivity index (χ2n) is 4.22. The molecular formula is C16H14N2O2. The second-order valence-corrected chi connectivity index (χ2v) is 4.22. The van der Waals surface area contributed by atoms with E-state index in [9.17, 15) is 4.79 Å². The summed E-state index contributed by atoms with van der Waals surface area (Å²) in [6.07, 6.45) is -0.690. The number of carbonyl (C=O) groups is 1. The number of benzene rings is 2. The van der Waals surface area contributed by atoms with Crippen molar-refractivity contribution < 1.29 is 9.53 Å². The lowest BCUT2D eigenvalue weighted by Gasteiger charge is -2.15. The maximum absolute atomic E-state index is 12.0. The van der Waals surface area contributed by atoms with Gasteiger partial charge in [0.25, 0.3) is 5.91 Å². The SMILES string of the molecule is C[C@@H](Oc1ccccc1C#N)C(=O)Nc1ccccc1. The Morgan fingerprint density at radius 2 is 1.80 bits per heavy atom. The van der Waals surface area contributed by atoms with Gasteiger partial charge in [-0.1, -0.05) is 30.3 Å². The van der Waals surface area contributed by atoms with Gasteiger partial charge in [0.15, 0.2) is 6.10 Å². The Morgan fingerprint density at radius 3 is 2.50 bits per heavy atom. The highest BCUT2D eigenvalue weighted by molar-refractivity contribution is 5.94. The molecular weight excluding hydrogens is 252 g/mol. The zero-order valence-corrected chi connectivity index (χ0v) is 11.0. The Morgan fingerprint density at radius 1 is 1.15 bits per heavy atom. The highest BCUT2D eigenvalue weighted by atomic mass is 16.5. The first-order valence-corrected chi connectivity index (χ1v) is 6.22. The molecule has 0 fully saturated rings. The lowest BCUT2D eigenvalue weighted by Crippen LogP contribution is -2.30. The molecule has 0 bridgehead atoms. The van der Waals surface area contributed by atoms with Crippen LogP contribution in [-0.4, -0.2) is 12.0 Å². The van der Waals surface area contributed by atoms with Crippen molar-refractivity contribution >= 4 is 11.6 Å². The molecule has 1 amide bonds. The average Bonchev–Trinajstić information content (AvgIpc) is 2.48. The van der Waals surface area contributed by atoms with Crippen LogP contribution in [0, 0.1) is 11.3 Å². The minimum absolute atomic E-state index is 0.260. The molecule has 0 aliphatic carbocycles. The number of amides is 1. The van der Waals surface area contributed by atoms with E-state index in [1.54, 1.807) is 43.3 Å². The number of carbonyl (C=O) groups excluding carboxylic acids is 1. The van der Waals surface area contributed by atoms with E-state index < -0.39 is 6.10 Å². The molecule has 2 rings (SSSR count). The standard InChI is InChI=1S/C16H14N2O2/c1-12(16(19)18-14-8-3-2-4-9-14)20-15-10-6-5-7-13(15)11-17/h2-10,12H,1H3,(H,18,19)/t12-/m1/s1. The zero-order valence-electron chi connectivity index (χ0n) is 11.0. The van der Waals surface area contributed by atoms with Crippen molar-refractivity contribution in [2.75, 3.05) is 5.32 Å². The van der Waals surface area contributed by atoms with Crippen molar-refractivity contribution in [3.8, 4) is 11.8 Å². The molecule has 0 spiro atoms. The molecule has 4 nitrogen and oxygen atoms in total. The van der Waals surface area contributed by atoms with Crippen LogP contribution in [0.1, 0.15) is 12.5 Å². The van der Waals surface area contributed by atoms with Crippen LogP contribution in [0.3, 0.4) is 0 Å². The van der Waals surface area contributed by atoms with Gasteiger partial charge in [-0.2, -0.15) is 5.26 Å². The molecule has 0 aliphatic heterocycles. The first-order chi connectivity index (χ1) is 9.70. The van der Waals surface area contributed by atoms with Crippen LogP contribution in [0.5, 0.6) is 5.75 Å². The number of hydrogen-bond donors (Lipinski definition) is 1. The second kappa shape index (κ2) is 6.39. The van der Waals surface area contributed by atoms with Crippen LogP contribution >= 0.6 is 0 Å². The summed E-state index contributed by atoms with van der Waals surface area (Å²) in [5.74, 6) is 0.148. The van der Waals surface area contributed by atoms with Crippen molar-refractivity contribution in [3.63, 3.8) is 0 Å². The van der Waals surface area contributed by atoms with E-state index in [4.69, 9.17) is 10.00 Å². The van der Waals surface area contributed by atoms with E-state index >= 15 is 0 Å². The predicted octanol–water partition coefficient (Wildman–Crippen LogP) is 2.96. The largest absolute Gasteiger partial charge is 0.480 e. The van der Waals surface area contributed by atoms with Gasteiger partial charge in [0.05, 0.1) is 5.56 Å². The number of rotatable bonds is 4. The van der Waals surface area contributed by atoms with Crippen molar-refractivity contribution in [3.05, 3.63) is 60.2 Å². The van der Waals surface area contributed by atoms with Gasteiger partial charge in [-0.15, -0.1) is 0 Å². The molecule has 0 aromatic heterocycles. The lowest BCUT2D eigenvalue weighted by molar-refractivity contribution is -0.122. The molecule has 0 saturated carbocycles. The van der Waals surface area contributed by atoms with E-state index in [0.717, 1.165) is 0 Å². The predicted molar refractivity (Wildman–Crippen MR) is 76.3 cm³/mol. The van der Waals surface area contributed by atoms with Crippen LogP contribution < -0.4 is 10.1 Å². The van der Waals surface area contributed by atoms with E-state index in [0.29, 0.717) is 17.0 Å². The summed E-state index contributed by atoms with van der Waals surface area (Å²) < 4.78 is 5.54. The van der Waals surface area contributed by atoms with Gasteiger partial charge in [0, 0.05) is 5.69 Å².